The van der Waals surface area contributed by atoms with E-state index in [1.165, 1.54) is 22.8 Å². The molecule has 0 spiro atoms. The van der Waals surface area contributed by atoms with Crippen LogP contribution in [-0.4, -0.2) is 28.9 Å². The average molecular weight is 211 g/mol. The molecule has 82 valence electrons. The zero-order valence-electron chi connectivity index (χ0n) is 8.47. The van der Waals surface area contributed by atoms with Crippen molar-refractivity contribution >= 4 is 5.97 Å². The molecule has 0 fully saturated rings. The van der Waals surface area contributed by atoms with Gasteiger partial charge in [0.15, 0.2) is 0 Å². The molecule has 0 unspecified atom stereocenters. The van der Waals surface area contributed by atoms with E-state index < -0.39 is 5.97 Å². The van der Waals surface area contributed by atoms with E-state index in [2.05, 4.69) is 0 Å². The van der Waals surface area contributed by atoms with E-state index in [0.717, 1.165) is 0 Å². The smallest absolute Gasteiger partial charge is 0.352 e. The SMILES string of the molecule is CCOCCn1c(C(=O)O)cccc1=O. The molecule has 0 aliphatic rings. The predicted molar refractivity (Wildman–Crippen MR) is 54.2 cm³/mol. The Hall–Kier alpha value is -1.62. The summed E-state index contributed by atoms with van der Waals surface area (Å²) < 4.78 is 6.27. The van der Waals surface area contributed by atoms with Gasteiger partial charge in [-0.15, -0.1) is 0 Å². The molecule has 5 heteroatoms. The Bertz CT molecular complexity index is 397. The van der Waals surface area contributed by atoms with Crippen LogP contribution in [0.4, 0.5) is 0 Å². The molecule has 0 saturated heterocycles. The molecule has 1 N–H and O–H groups in total. The van der Waals surface area contributed by atoms with Crippen LogP contribution in [0.25, 0.3) is 0 Å². The first-order valence-electron chi connectivity index (χ1n) is 4.67. The molecule has 0 aromatic carbocycles. The number of hydrogen-bond acceptors (Lipinski definition) is 3. The Morgan fingerprint density at radius 3 is 2.87 bits per heavy atom. The molecule has 1 heterocycles. The summed E-state index contributed by atoms with van der Waals surface area (Å²) in [5.74, 6) is -1.11. The fourth-order valence-electron chi connectivity index (χ4n) is 1.24. The molecule has 1 aromatic heterocycles. The van der Waals surface area contributed by atoms with Crippen LogP contribution in [0.5, 0.6) is 0 Å². The lowest BCUT2D eigenvalue weighted by molar-refractivity contribution is 0.0678. The van der Waals surface area contributed by atoms with Gasteiger partial charge in [-0.05, 0) is 13.0 Å². The van der Waals surface area contributed by atoms with Crippen molar-refractivity contribution < 1.29 is 14.6 Å². The minimum atomic E-state index is -1.11. The summed E-state index contributed by atoms with van der Waals surface area (Å²) in [5.41, 5.74) is -0.336. The van der Waals surface area contributed by atoms with Crippen LogP contribution in [0.2, 0.25) is 0 Å². The van der Waals surface area contributed by atoms with Gasteiger partial charge >= 0.3 is 5.97 Å². The van der Waals surface area contributed by atoms with Crippen molar-refractivity contribution in [3.63, 3.8) is 0 Å². The summed E-state index contributed by atoms with van der Waals surface area (Å²) in [4.78, 5) is 22.2. The summed E-state index contributed by atoms with van der Waals surface area (Å²) in [6.45, 7) is 2.98. The average Bonchev–Trinajstić information content (AvgIpc) is 2.20. The minimum Gasteiger partial charge on any atom is -0.477 e. The topological polar surface area (TPSA) is 68.5 Å². The molecule has 0 atom stereocenters. The molecular weight excluding hydrogens is 198 g/mol. The fraction of sp³-hybridized carbons (Fsp3) is 0.400. The zero-order valence-corrected chi connectivity index (χ0v) is 8.47. The molecule has 0 saturated carbocycles. The summed E-state index contributed by atoms with van der Waals surface area (Å²) in [6.07, 6.45) is 0. The molecule has 15 heavy (non-hydrogen) atoms. The molecule has 0 amide bonds. The summed E-state index contributed by atoms with van der Waals surface area (Å²) in [7, 11) is 0. The van der Waals surface area contributed by atoms with Crippen molar-refractivity contribution in [1.29, 1.82) is 0 Å². The number of nitrogens with zero attached hydrogens (tertiary/aromatic N) is 1. The van der Waals surface area contributed by atoms with Crippen LogP contribution < -0.4 is 5.56 Å². The quantitative estimate of drug-likeness (QED) is 0.723. The third-order valence-electron chi connectivity index (χ3n) is 1.93. The zero-order chi connectivity index (χ0) is 11.3. The van der Waals surface area contributed by atoms with Crippen molar-refractivity contribution in [2.75, 3.05) is 13.2 Å². The number of carboxylic acids is 1. The van der Waals surface area contributed by atoms with Gasteiger partial charge in [0.1, 0.15) is 5.69 Å². The molecule has 5 nitrogen and oxygen atoms in total. The Kier molecular flexibility index (Phi) is 4.05. The number of hydrogen-bond donors (Lipinski definition) is 1. The van der Waals surface area contributed by atoms with Gasteiger partial charge in [0.05, 0.1) is 6.61 Å². The highest BCUT2D eigenvalue weighted by Crippen LogP contribution is 1.96. The normalized spacial score (nSPS) is 10.2. The van der Waals surface area contributed by atoms with Gasteiger partial charge in [0.25, 0.3) is 5.56 Å². The van der Waals surface area contributed by atoms with Crippen molar-refractivity contribution in [3.05, 3.63) is 34.2 Å². The Morgan fingerprint density at radius 1 is 1.53 bits per heavy atom. The highest BCUT2D eigenvalue weighted by Gasteiger charge is 2.09. The molecular formula is C10H13NO4. The Balaban J connectivity index is 2.93. The first-order valence-corrected chi connectivity index (χ1v) is 4.67. The van der Waals surface area contributed by atoms with Crippen molar-refractivity contribution in [2.24, 2.45) is 0 Å². The maximum absolute atomic E-state index is 11.4. The van der Waals surface area contributed by atoms with Crippen LogP contribution >= 0.6 is 0 Å². The second kappa shape index (κ2) is 5.31. The molecule has 0 aliphatic carbocycles. The van der Waals surface area contributed by atoms with Crippen molar-refractivity contribution in [2.45, 2.75) is 13.5 Å². The Labute approximate surface area is 86.9 Å². The maximum atomic E-state index is 11.4. The highest BCUT2D eigenvalue weighted by atomic mass is 16.5. The summed E-state index contributed by atoms with van der Waals surface area (Å²) in [6, 6.07) is 4.16. The van der Waals surface area contributed by atoms with Crippen LogP contribution in [0.3, 0.4) is 0 Å². The molecule has 0 radical (unpaired) electrons. The lowest BCUT2D eigenvalue weighted by atomic mass is 10.3. The monoisotopic (exact) mass is 211 g/mol. The maximum Gasteiger partial charge on any atom is 0.352 e. The molecule has 1 aromatic rings. The van der Waals surface area contributed by atoms with Gasteiger partial charge in [-0.2, -0.15) is 0 Å². The number of aromatic nitrogens is 1. The predicted octanol–water partition coefficient (Wildman–Crippen LogP) is 0.583. The van der Waals surface area contributed by atoms with Crippen molar-refractivity contribution in [1.82, 2.24) is 4.57 Å². The number of aromatic carboxylic acids is 1. The van der Waals surface area contributed by atoms with E-state index >= 15 is 0 Å². The molecule has 0 aliphatic heterocycles. The molecule has 0 bridgehead atoms. The van der Waals surface area contributed by atoms with Crippen LogP contribution in [0.15, 0.2) is 23.0 Å². The fourth-order valence-corrected chi connectivity index (χ4v) is 1.24. The van der Waals surface area contributed by atoms with Crippen molar-refractivity contribution in [3.8, 4) is 0 Å². The van der Waals surface area contributed by atoms with E-state index in [1.54, 1.807) is 0 Å². The van der Waals surface area contributed by atoms with E-state index in [4.69, 9.17) is 9.84 Å². The van der Waals surface area contributed by atoms with E-state index in [0.29, 0.717) is 13.2 Å². The number of rotatable bonds is 5. The second-order valence-corrected chi connectivity index (χ2v) is 2.90. The largest absolute Gasteiger partial charge is 0.477 e. The number of pyridine rings is 1. The first kappa shape index (κ1) is 11.5. The van der Waals surface area contributed by atoms with Crippen LogP contribution in [0.1, 0.15) is 17.4 Å². The summed E-state index contributed by atoms with van der Waals surface area (Å²) in [5, 5.41) is 8.85. The van der Waals surface area contributed by atoms with Gasteiger partial charge in [-0.3, -0.25) is 4.79 Å². The van der Waals surface area contributed by atoms with Gasteiger partial charge < -0.3 is 14.4 Å². The standard InChI is InChI=1S/C10H13NO4/c1-2-15-7-6-11-8(10(13)14)4-3-5-9(11)12/h3-5H,2,6-7H2,1H3,(H,13,14). The highest BCUT2D eigenvalue weighted by molar-refractivity contribution is 5.85. The lowest BCUT2D eigenvalue weighted by Gasteiger charge is -2.08. The van der Waals surface area contributed by atoms with Crippen LogP contribution in [-0.2, 0) is 11.3 Å². The van der Waals surface area contributed by atoms with E-state index in [1.807, 2.05) is 6.92 Å². The number of ether oxygens (including phenoxy) is 1. The van der Waals surface area contributed by atoms with Gasteiger partial charge in [-0.25, -0.2) is 4.79 Å². The van der Waals surface area contributed by atoms with E-state index in [9.17, 15) is 9.59 Å². The van der Waals surface area contributed by atoms with E-state index in [-0.39, 0.29) is 17.8 Å². The second-order valence-electron chi connectivity index (χ2n) is 2.90. The third-order valence-corrected chi connectivity index (χ3v) is 1.93. The van der Waals surface area contributed by atoms with Crippen LogP contribution in [0, 0.1) is 0 Å². The van der Waals surface area contributed by atoms with Gasteiger partial charge in [0, 0.05) is 19.2 Å². The minimum absolute atomic E-state index is 0.0118. The van der Waals surface area contributed by atoms with Gasteiger partial charge in [0.2, 0.25) is 0 Å². The van der Waals surface area contributed by atoms with Gasteiger partial charge in [-0.1, -0.05) is 6.07 Å². The Morgan fingerprint density at radius 2 is 2.27 bits per heavy atom. The lowest BCUT2D eigenvalue weighted by Crippen LogP contribution is -2.26. The third kappa shape index (κ3) is 2.92. The summed E-state index contributed by atoms with van der Waals surface area (Å²) >= 11 is 0. The number of carboxylic acid groups (broad SMARTS) is 1. The first-order chi connectivity index (χ1) is 7.16. The number of carbonyl (C=O) groups is 1. The molecule has 1 rings (SSSR count).